The molecule has 0 aliphatic carbocycles. The Morgan fingerprint density at radius 3 is 1.20 bits per heavy atom. The van der Waals surface area contributed by atoms with Crippen molar-refractivity contribution in [2.75, 3.05) is 0 Å². The third-order valence-corrected chi connectivity index (χ3v) is 1.85. The smallest absolute Gasteiger partial charge is 0.400 e. The Morgan fingerprint density at radius 1 is 0.800 bits per heavy atom. The SMILES string of the molecule is CC(C)(N)C(N)(OC(=O)C(F)(F)F)OC(=O)C(F)(F)F. The van der Waals surface area contributed by atoms with Crippen molar-refractivity contribution >= 4 is 11.9 Å². The molecule has 0 aromatic heterocycles. The van der Waals surface area contributed by atoms with Gasteiger partial charge in [0.1, 0.15) is 5.54 Å². The Kier molecular flexibility index (Phi) is 4.69. The second-order valence-corrected chi connectivity index (χ2v) is 4.16. The summed E-state index contributed by atoms with van der Waals surface area (Å²) < 4.78 is 79.2. The van der Waals surface area contributed by atoms with Crippen molar-refractivity contribution in [3.63, 3.8) is 0 Å². The number of hydrogen-bond donors (Lipinski definition) is 2. The summed E-state index contributed by atoms with van der Waals surface area (Å²) >= 11 is 0. The molecule has 0 saturated carbocycles. The molecule has 0 rings (SSSR count). The van der Waals surface area contributed by atoms with Gasteiger partial charge in [0.15, 0.2) is 0 Å². The van der Waals surface area contributed by atoms with Crippen LogP contribution in [-0.2, 0) is 19.1 Å². The van der Waals surface area contributed by atoms with Crippen LogP contribution in [0.25, 0.3) is 0 Å². The van der Waals surface area contributed by atoms with E-state index in [1.165, 1.54) is 0 Å². The van der Waals surface area contributed by atoms with Crippen LogP contribution in [0.4, 0.5) is 26.3 Å². The van der Waals surface area contributed by atoms with Crippen LogP contribution in [0.15, 0.2) is 0 Å². The number of ether oxygens (including phenoxy) is 2. The first kappa shape index (κ1) is 18.4. The predicted octanol–water partition coefficient (Wildman–Crippen LogP) is 0.547. The van der Waals surface area contributed by atoms with E-state index in [1.54, 1.807) is 0 Å². The van der Waals surface area contributed by atoms with E-state index < -0.39 is 35.7 Å². The molecule has 0 bridgehead atoms. The normalized spacial score (nSPS) is 13.9. The first-order valence-corrected chi connectivity index (χ1v) is 4.69. The van der Waals surface area contributed by atoms with Gasteiger partial charge >= 0.3 is 30.2 Å². The summed E-state index contributed by atoms with van der Waals surface area (Å²) in [6.45, 7) is 1.58. The van der Waals surface area contributed by atoms with E-state index in [9.17, 15) is 35.9 Å². The van der Waals surface area contributed by atoms with Gasteiger partial charge in [0, 0.05) is 0 Å². The second-order valence-electron chi connectivity index (χ2n) is 4.16. The average molecular weight is 312 g/mol. The van der Waals surface area contributed by atoms with Crippen LogP contribution in [0.3, 0.4) is 0 Å². The van der Waals surface area contributed by atoms with Crippen molar-refractivity contribution in [1.82, 2.24) is 0 Å². The Labute approximate surface area is 108 Å². The number of halogens is 6. The van der Waals surface area contributed by atoms with E-state index in [4.69, 9.17) is 11.5 Å². The lowest BCUT2D eigenvalue weighted by Crippen LogP contribution is -2.68. The number of nitrogens with two attached hydrogens (primary N) is 2. The average Bonchev–Trinajstić information content (AvgIpc) is 2.12. The van der Waals surface area contributed by atoms with Gasteiger partial charge in [-0.15, -0.1) is 0 Å². The summed E-state index contributed by atoms with van der Waals surface area (Å²) in [5, 5.41) is 0. The Morgan fingerprint density at radius 2 is 1.05 bits per heavy atom. The lowest BCUT2D eigenvalue weighted by atomic mass is 10.0. The molecular weight excluding hydrogens is 302 g/mol. The first-order valence-electron chi connectivity index (χ1n) is 4.69. The van der Waals surface area contributed by atoms with Crippen molar-refractivity contribution in [1.29, 1.82) is 0 Å². The maximum atomic E-state index is 12.0. The molecule has 0 saturated heterocycles. The van der Waals surface area contributed by atoms with E-state index in [2.05, 4.69) is 9.47 Å². The van der Waals surface area contributed by atoms with Gasteiger partial charge in [0.05, 0.1) is 0 Å². The van der Waals surface area contributed by atoms with Gasteiger partial charge in [-0.3, -0.25) is 5.73 Å². The Balaban J connectivity index is 5.36. The second kappa shape index (κ2) is 5.09. The predicted molar refractivity (Wildman–Crippen MR) is 49.5 cm³/mol. The fourth-order valence-corrected chi connectivity index (χ4v) is 0.675. The van der Waals surface area contributed by atoms with E-state index in [0.717, 1.165) is 13.8 Å². The Bertz CT molecular complexity index is 369. The molecule has 6 nitrogen and oxygen atoms in total. The third kappa shape index (κ3) is 4.52. The zero-order valence-electron chi connectivity index (χ0n) is 10.1. The molecule has 0 unspecified atom stereocenters. The van der Waals surface area contributed by atoms with Crippen LogP contribution in [0.1, 0.15) is 13.8 Å². The molecule has 12 heteroatoms. The summed E-state index contributed by atoms with van der Waals surface area (Å²) in [5.74, 6) is -9.39. The van der Waals surface area contributed by atoms with Gasteiger partial charge in [-0.05, 0) is 13.8 Å². The van der Waals surface area contributed by atoms with Crippen molar-refractivity contribution in [2.24, 2.45) is 11.5 Å². The Hall–Kier alpha value is -1.56. The molecule has 118 valence electrons. The van der Waals surface area contributed by atoms with Crippen molar-refractivity contribution in [3.05, 3.63) is 0 Å². The number of rotatable bonds is 3. The molecule has 0 amide bonds. The van der Waals surface area contributed by atoms with Crippen LogP contribution >= 0.6 is 0 Å². The summed E-state index contributed by atoms with van der Waals surface area (Å²) in [5.41, 5.74) is 7.89. The molecule has 0 aromatic carbocycles. The number of hydrogen-bond acceptors (Lipinski definition) is 6. The maximum absolute atomic E-state index is 12.0. The van der Waals surface area contributed by atoms with Gasteiger partial charge in [-0.1, -0.05) is 0 Å². The minimum atomic E-state index is -5.57. The highest BCUT2D eigenvalue weighted by atomic mass is 19.4. The first-order chi connectivity index (χ1) is 8.51. The van der Waals surface area contributed by atoms with Crippen LogP contribution in [-0.4, -0.2) is 35.7 Å². The van der Waals surface area contributed by atoms with Gasteiger partial charge < -0.3 is 15.2 Å². The van der Waals surface area contributed by atoms with Crippen LogP contribution in [0.5, 0.6) is 0 Å². The highest BCUT2D eigenvalue weighted by Gasteiger charge is 2.56. The van der Waals surface area contributed by atoms with Gasteiger partial charge in [-0.25, -0.2) is 9.59 Å². The standard InChI is InChI=1S/C8H10F6N2O4/c1-5(2,15)8(16,19-3(17)6(9,10)11)20-4(18)7(12,13)14/h15-16H2,1-2H3. The lowest BCUT2D eigenvalue weighted by molar-refractivity contribution is -0.285. The van der Waals surface area contributed by atoms with Crippen molar-refractivity contribution < 1.29 is 45.4 Å². The summed E-state index contributed by atoms with van der Waals surface area (Å²) in [4.78, 5) is 21.2. The van der Waals surface area contributed by atoms with E-state index in [1.807, 2.05) is 0 Å². The fraction of sp³-hybridized carbons (Fsp3) is 0.750. The highest BCUT2D eigenvalue weighted by Crippen LogP contribution is 2.28. The molecular formula is C8H10F6N2O4. The summed E-state index contributed by atoms with van der Waals surface area (Å²) in [6, 6.07) is 0. The van der Waals surface area contributed by atoms with Crippen LogP contribution < -0.4 is 11.5 Å². The summed E-state index contributed by atoms with van der Waals surface area (Å²) in [7, 11) is 0. The zero-order valence-corrected chi connectivity index (χ0v) is 10.1. The van der Waals surface area contributed by atoms with Gasteiger partial charge in [0.25, 0.3) is 0 Å². The molecule has 0 aliphatic heterocycles. The molecule has 0 aromatic rings. The lowest BCUT2D eigenvalue weighted by Gasteiger charge is -2.38. The minimum Gasteiger partial charge on any atom is -0.400 e. The van der Waals surface area contributed by atoms with Gasteiger partial charge in [0.2, 0.25) is 0 Å². The molecule has 0 spiro atoms. The summed E-state index contributed by atoms with van der Waals surface area (Å²) in [6.07, 6.45) is -11.1. The molecule has 0 radical (unpaired) electrons. The van der Waals surface area contributed by atoms with E-state index in [0.29, 0.717) is 0 Å². The van der Waals surface area contributed by atoms with Crippen LogP contribution in [0, 0.1) is 0 Å². The van der Waals surface area contributed by atoms with Crippen LogP contribution in [0.2, 0.25) is 0 Å². The topological polar surface area (TPSA) is 105 Å². The highest BCUT2D eigenvalue weighted by molar-refractivity contribution is 5.78. The molecule has 4 N–H and O–H groups in total. The van der Waals surface area contributed by atoms with E-state index >= 15 is 0 Å². The van der Waals surface area contributed by atoms with E-state index in [-0.39, 0.29) is 0 Å². The largest absolute Gasteiger partial charge is 0.491 e. The number of carbonyl (C=O) groups excluding carboxylic acids is 2. The number of esters is 2. The third-order valence-electron chi connectivity index (χ3n) is 1.85. The monoisotopic (exact) mass is 312 g/mol. The molecule has 0 fully saturated rings. The minimum absolute atomic E-state index is 0.792. The molecule has 0 atom stereocenters. The quantitative estimate of drug-likeness (QED) is 0.448. The molecule has 0 heterocycles. The van der Waals surface area contributed by atoms with Crippen molar-refractivity contribution in [2.45, 2.75) is 37.7 Å². The fourth-order valence-electron chi connectivity index (χ4n) is 0.675. The zero-order chi connectivity index (χ0) is 16.6. The van der Waals surface area contributed by atoms with Gasteiger partial charge in [-0.2, -0.15) is 26.3 Å². The van der Waals surface area contributed by atoms with Crippen molar-refractivity contribution in [3.8, 4) is 0 Å². The molecule has 20 heavy (non-hydrogen) atoms. The molecule has 0 aliphatic rings. The number of alkyl halides is 6. The maximum Gasteiger partial charge on any atom is 0.491 e. The number of carbonyl (C=O) groups is 2.